The Balaban J connectivity index is 2.27. The average molecular weight is 202 g/mol. The van der Waals surface area contributed by atoms with Gasteiger partial charge in [-0.15, -0.1) is 0 Å². The Kier molecular flexibility index (Phi) is 2.37. The molecule has 2 rings (SSSR count). The molecule has 0 aliphatic carbocycles. The SMILES string of the molecule is NC(=O)NC1=CC=Nc2ccccc2N1. The van der Waals surface area contributed by atoms with Gasteiger partial charge in [-0.05, 0) is 18.2 Å². The average Bonchev–Trinajstić information content (AvgIpc) is 2.38. The van der Waals surface area contributed by atoms with E-state index < -0.39 is 6.03 Å². The van der Waals surface area contributed by atoms with E-state index in [-0.39, 0.29) is 0 Å². The van der Waals surface area contributed by atoms with E-state index in [0.717, 1.165) is 11.4 Å². The molecule has 1 aliphatic heterocycles. The Morgan fingerprint density at radius 1 is 1.40 bits per heavy atom. The van der Waals surface area contributed by atoms with Crippen LogP contribution in [0, 0.1) is 0 Å². The molecule has 2 amide bonds. The number of primary amides is 1. The van der Waals surface area contributed by atoms with Crippen LogP contribution in [-0.2, 0) is 0 Å². The zero-order chi connectivity index (χ0) is 10.7. The molecule has 15 heavy (non-hydrogen) atoms. The molecule has 0 fully saturated rings. The lowest BCUT2D eigenvalue weighted by atomic mass is 10.3. The number of carbonyl (C=O) groups is 1. The van der Waals surface area contributed by atoms with Gasteiger partial charge in [0.1, 0.15) is 5.82 Å². The van der Waals surface area contributed by atoms with Crippen LogP contribution in [0.15, 0.2) is 41.2 Å². The van der Waals surface area contributed by atoms with E-state index in [0.29, 0.717) is 5.82 Å². The number of carbonyl (C=O) groups excluding carboxylic acids is 1. The highest BCUT2D eigenvalue weighted by molar-refractivity contribution is 5.85. The number of nitrogens with two attached hydrogens (primary N) is 1. The summed E-state index contributed by atoms with van der Waals surface area (Å²) in [5.74, 6) is 0.510. The highest BCUT2D eigenvalue weighted by Gasteiger charge is 2.06. The van der Waals surface area contributed by atoms with Crippen LogP contribution < -0.4 is 16.4 Å². The van der Waals surface area contributed by atoms with Crippen molar-refractivity contribution in [1.29, 1.82) is 0 Å². The number of nitrogens with zero attached hydrogens (tertiary/aromatic N) is 1. The van der Waals surface area contributed by atoms with E-state index in [2.05, 4.69) is 15.6 Å². The summed E-state index contributed by atoms with van der Waals surface area (Å²) in [6, 6.07) is 6.91. The third kappa shape index (κ3) is 2.14. The summed E-state index contributed by atoms with van der Waals surface area (Å²) in [4.78, 5) is 14.9. The van der Waals surface area contributed by atoms with E-state index in [9.17, 15) is 4.79 Å². The maximum atomic E-state index is 10.7. The number of nitrogens with one attached hydrogen (secondary N) is 2. The number of para-hydroxylation sites is 2. The fourth-order valence-electron chi connectivity index (χ4n) is 1.28. The second kappa shape index (κ2) is 3.83. The summed E-state index contributed by atoms with van der Waals surface area (Å²) in [6.45, 7) is 0. The zero-order valence-electron chi connectivity index (χ0n) is 7.90. The van der Waals surface area contributed by atoms with Gasteiger partial charge in [0, 0.05) is 6.21 Å². The fourth-order valence-corrected chi connectivity index (χ4v) is 1.28. The molecule has 0 atom stereocenters. The van der Waals surface area contributed by atoms with Crippen molar-refractivity contribution < 1.29 is 4.79 Å². The highest BCUT2D eigenvalue weighted by atomic mass is 16.2. The van der Waals surface area contributed by atoms with Crippen molar-refractivity contribution in [1.82, 2.24) is 5.32 Å². The summed E-state index contributed by atoms with van der Waals surface area (Å²) in [5, 5.41) is 5.48. The molecule has 0 spiro atoms. The largest absolute Gasteiger partial charge is 0.351 e. The van der Waals surface area contributed by atoms with Crippen LogP contribution in [0.1, 0.15) is 0 Å². The maximum Gasteiger partial charge on any atom is 0.317 e. The lowest BCUT2D eigenvalue weighted by Crippen LogP contribution is -2.31. The summed E-state index contributed by atoms with van der Waals surface area (Å²) >= 11 is 0. The number of hydrogen-bond donors (Lipinski definition) is 3. The van der Waals surface area contributed by atoms with Crippen LogP contribution >= 0.6 is 0 Å². The molecule has 4 N–H and O–H groups in total. The second-order valence-corrected chi connectivity index (χ2v) is 2.99. The fraction of sp³-hybridized carbons (Fsp3) is 0. The summed E-state index contributed by atoms with van der Waals surface area (Å²) in [6.07, 6.45) is 3.24. The van der Waals surface area contributed by atoms with Crippen molar-refractivity contribution in [3.05, 3.63) is 36.2 Å². The van der Waals surface area contributed by atoms with Crippen molar-refractivity contribution in [3.63, 3.8) is 0 Å². The summed E-state index contributed by atoms with van der Waals surface area (Å²) in [5.41, 5.74) is 6.66. The van der Waals surface area contributed by atoms with Gasteiger partial charge in [0.25, 0.3) is 0 Å². The number of rotatable bonds is 1. The van der Waals surface area contributed by atoms with Crippen molar-refractivity contribution >= 4 is 23.6 Å². The number of aliphatic imine (C=N–C) groups is 1. The molecule has 0 unspecified atom stereocenters. The number of hydrogen-bond acceptors (Lipinski definition) is 3. The summed E-state index contributed by atoms with van der Waals surface area (Å²) < 4.78 is 0. The van der Waals surface area contributed by atoms with Crippen molar-refractivity contribution in [2.75, 3.05) is 5.32 Å². The number of urea groups is 1. The van der Waals surface area contributed by atoms with Gasteiger partial charge < -0.3 is 11.1 Å². The van der Waals surface area contributed by atoms with Crippen LogP contribution in [0.5, 0.6) is 0 Å². The van der Waals surface area contributed by atoms with Crippen LogP contribution in [0.4, 0.5) is 16.2 Å². The third-order valence-corrected chi connectivity index (χ3v) is 1.89. The number of anilines is 1. The molecule has 1 aromatic carbocycles. The zero-order valence-corrected chi connectivity index (χ0v) is 7.90. The number of benzene rings is 1. The van der Waals surface area contributed by atoms with Gasteiger partial charge in [0.2, 0.25) is 0 Å². The predicted molar refractivity (Wildman–Crippen MR) is 59.0 cm³/mol. The van der Waals surface area contributed by atoms with Gasteiger partial charge in [0.05, 0.1) is 11.4 Å². The van der Waals surface area contributed by atoms with E-state index >= 15 is 0 Å². The lowest BCUT2D eigenvalue weighted by Gasteiger charge is -2.10. The molecular weight excluding hydrogens is 192 g/mol. The first-order valence-electron chi connectivity index (χ1n) is 4.42. The minimum atomic E-state index is -0.610. The molecule has 5 heteroatoms. The first-order valence-corrected chi connectivity index (χ1v) is 4.42. The number of amides is 2. The van der Waals surface area contributed by atoms with Crippen LogP contribution in [-0.4, -0.2) is 12.2 Å². The third-order valence-electron chi connectivity index (χ3n) is 1.89. The van der Waals surface area contributed by atoms with E-state index in [1.54, 1.807) is 12.3 Å². The Morgan fingerprint density at radius 2 is 2.20 bits per heavy atom. The van der Waals surface area contributed by atoms with Crippen molar-refractivity contribution in [2.45, 2.75) is 0 Å². The van der Waals surface area contributed by atoms with Gasteiger partial charge in [-0.1, -0.05) is 12.1 Å². The van der Waals surface area contributed by atoms with Crippen LogP contribution in [0.25, 0.3) is 0 Å². The van der Waals surface area contributed by atoms with Gasteiger partial charge in [0.15, 0.2) is 0 Å². The molecular formula is C10H10N4O. The van der Waals surface area contributed by atoms with E-state index in [1.165, 1.54) is 0 Å². The van der Waals surface area contributed by atoms with Gasteiger partial charge in [-0.3, -0.25) is 10.3 Å². The van der Waals surface area contributed by atoms with E-state index in [4.69, 9.17) is 5.73 Å². The topological polar surface area (TPSA) is 79.5 Å². The molecule has 0 aromatic heterocycles. The minimum Gasteiger partial charge on any atom is -0.351 e. The molecule has 5 nitrogen and oxygen atoms in total. The monoisotopic (exact) mass is 202 g/mol. The van der Waals surface area contributed by atoms with Crippen LogP contribution in [0.3, 0.4) is 0 Å². The van der Waals surface area contributed by atoms with Gasteiger partial charge in [-0.2, -0.15) is 0 Å². The number of fused-ring (bicyclic) bond motifs is 1. The Hall–Kier alpha value is -2.30. The van der Waals surface area contributed by atoms with Crippen LogP contribution in [0.2, 0.25) is 0 Å². The summed E-state index contributed by atoms with van der Waals surface area (Å²) in [7, 11) is 0. The molecule has 1 aromatic rings. The molecule has 1 aliphatic rings. The second-order valence-electron chi connectivity index (χ2n) is 2.99. The normalized spacial score (nSPS) is 13.2. The predicted octanol–water partition coefficient (Wildman–Crippen LogP) is 1.32. The maximum absolute atomic E-state index is 10.7. The first-order chi connectivity index (χ1) is 7.25. The van der Waals surface area contributed by atoms with Crippen molar-refractivity contribution in [2.24, 2.45) is 10.7 Å². The van der Waals surface area contributed by atoms with Crippen molar-refractivity contribution in [3.8, 4) is 0 Å². The minimum absolute atomic E-state index is 0.510. The molecule has 76 valence electrons. The van der Waals surface area contributed by atoms with Gasteiger partial charge in [-0.25, -0.2) is 4.79 Å². The Bertz CT molecular complexity index is 450. The smallest absolute Gasteiger partial charge is 0.317 e. The number of allylic oxidation sites excluding steroid dienone is 1. The molecule has 0 radical (unpaired) electrons. The molecule has 0 saturated carbocycles. The van der Waals surface area contributed by atoms with Gasteiger partial charge >= 0.3 is 6.03 Å². The molecule has 0 saturated heterocycles. The standard InChI is InChI=1S/C10H10N4O/c11-10(15)14-9-5-6-12-7-3-1-2-4-8(7)13-9/h1-6,13H,(H3,11,14,15). The Labute approximate surface area is 86.7 Å². The van der Waals surface area contributed by atoms with E-state index in [1.807, 2.05) is 24.3 Å². The Morgan fingerprint density at radius 3 is 3.00 bits per heavy atom. The molecule has 0 bridgehead atoms. The quantitative estimate of drug-likeness (QED) is 0.642. The highest BCUT2D eigenvalue weighted by Crippen LogP contribution is 2.26. The lowest BCUT2D eigenvalue weighted by molar-refractivity contribution is 0.251. The molecule has 1 heterocycles. The first kappa shape index (κ1) is 9.26.